The number of hydrogen-bond acceptors (Lipinski definition) is 0. The molecule has 0 rings (SSSR count). The standard InChI is InChI=1S/4CH3.Mo/h4*1H3;/q4*-1;+4. The van der Waals surface area contributed by atoms with Crippen molar-refractivity contribution in [3.8, 4) is 0 Å². The summed E-state index contributed by atoms with van der Waals surface area (Å²) in [5.41, 5.74) is 0. The van der Waals surface area contributed by atoms with Gasteiger partial charge in [0.15, 0.2) is 0 Å². The molecule has 0 atom stereocenters. The van der Waals surface area contributed by atoms with Gasteiger partial charge in [-0.05, 0) is 0 Å². The van der Waals surface area contributed by atoms with Crippen LogP contribution in [0.25, 0.3) is 0 Å². The van der Waals surface area contributed by atoms with Crippen molar-refractivity contribution in [2.45, 2.75) is 0 Å². The summed E-state index contributed by atoms with van der Waals surface area (Å²) in [6, 6.07) is 0. The molecule has 34 valence electrons. The molecule has 0 nitrogen and oxygen atoms in total. The fraction of sp³-hybridized carbons (Fsp3) is 0. The summed E-state index contributed by atoms with van der Waals surface area (Å²) in [6.07, 6.45) is 0. The molecule has 0 spiro atoms. The molecule has 0 aromatic rings. The maximum absolute atomic E-state index is 0. The first-order valence-corrected chi connectivity index (χ1v) is 0. The summed E-state index contributed by atoms with van der Waals surface area (Å²) < 4.78 is 0. The second-order valence-electron chi connectivity index (χ2n) is 0. The van der Waals surface area contributed by atoms with Gasteiger partial charge in [-0.2, -0.15) is 0 Å². The van der Waals surface area contributed by atoms with E-state index in [1.54, 1.807) is 0 Å². The smallest absolute Gasteiger partial charge is 0.358 e. The van der Waals surface area contributed by atoms with Crippen LogP contribution >= 0.6 is 0 Å². The zero-order valence-electron chi connectivity index (χ0n) is 4.41. The maximum atomic E-state index is 0. The van der Waals surface area contributed by atoms with E-state index in [0.29, 0.717) is 0 Å². The predicted octanol–water partition coefficient (Wildman–Crippen LogP) is 1.80. The molecule has 0 aliphatic carbocycles. The molecule has 0 N–H and O–H groups in total. The second kappa shape index (κ2) is 135. The van der Waals surface area contributed by atoms with Gasteiger partial charge in [0.1, 0.15) is 0 Å². The zero-order valence-corrected chi connectivity index (χ0v) is 6.42. The molecule has 1 heteroatoms. The third kappa shape index (κ3) is 71.5. The monoisotopic (exact) mass is 158 g/mol. The Morgan fingerprint density at radius 3 is 0.400 bits per heavy atom. The number of rotatable bonds is 0. The topological polar surface area (TPSA) is 0 Å². The van der Waals surface area contributed by atoms with Gasteiger partial charge in [0.25, 0.3) is 0 Å². The average molecular weight is 156 g/mol. The van der Waals surface area contributed by atoms with Crippen molar-refractivity contribution >= 4 is 0 Å². The van der Waals surface area contributed by atoms with Crippen molar-refractivity contribution in [2.75, 3.05) is 0 Å². The summed E-state index contributed by atoms with van der Waals surface area (Å²) in [4.78, 5) is 0. The van der Waals surface area contributed by atoms with Gasteiger partial charge >= 0.3 is 21.1 Å². The molecule has 0 aromatic carbocycles. The normalized spacial score (nSPS) is 0. The van der Waals surface area contributed by atoms with Crippen molar-refractivity contribution in [1.29, 1.82) is 0 Å². The Kier molecular flexibility index (Phi) is 7110. The van der Waals surface area contributed by atoms with Crippen LogP contribution in [0.15, 0.2) is 0 Å². The van der Waals surface area contributed by atoms with Crippen LogP contribution in [0.1, 0.15) is 0 Å². The van der Waals surface area contributed by atoms with E-state index in [4.69, 9.17) is 0 Å². The van der Waals surface area contributed by atoms with E-state index < -0.39 is 0 Å². The first-order chi connectivity index (χ1) is 0. The minimum atomic E-state index is 0. The van der Waals surface area contributed by atoms with Gasteiger partial charge in [0.2, 0.25) is 0 Å². The van der Waals surface area contributed by atoms with Gasteiger partial charge in [-0.1, -0.05) is 0 Å². The first-order valence-electron chi connectivity index (χ1n) is 0. The van der Waals surface area contributed by atoms with Crippen LogP contribution < -0.4 is 0 Å². The molecule has 0 bridgehead atoms. The maximum Gasteiger partial charge on any atom is 4.00 e. The summed E-state index contributed by atoms with van der Waals surface area (Å²) in [6.45, 7) is 0. The van der Waals surface area contributed by atoms with Gasteiger partial charge in [0, 0.05) is 0 Å². The molecule has 0 radical (unpaired) electrons. The van der Waals surface area contributed by atoms with Crippen molar-refractivity contribution < 1.29 is 21.1 Å². The van der Waals surface area contributed by atoms with Gasteiger partial charge in [0.05, 0.1) is 0 Å². The first kappa shape index (κ1) is 264. The predicted molar refractivity (Wildman–Crippen MR) is 25.7 cm³/mol. The average Bonchev–Trinajstić information content (AvgIpc) is 0. The van der Waals surface area contributed by atoms with E-state index >= 15 is 0 Å². The van der Waals surface area contributed by atoms with E-state index in [0.717, 1.165) is 0 Å². The number of hydrogen-bond donors (Lipinski definition) is 0. The summed E-state index contributed by atoms with van der Waals surface area (Å²) in [5, 5.41) is 0. The fourth-order valence-electron chi connectivity index (χ4n) is 0. The minimum Gasteiger partial charge on any atom is -0.358 e. The van der Waals surface area contributed by atoms with Crippen LogP contribution in [-0.4, -0.2) is 0 Å². The Bertz CT molecular complexity index is 3.61. The van der Waals surface area contributed by atoms with Gasteiger partial charge < -0.3 is 29.7 Å². The Balaban J connectivity index is 0. The van der Waals surface area contributed by atoms with Crippen LogP contribution in [-0.2, 0) is 21.1 Å². The molecule has 0 aromatic heterocycles. The quantitative estimate of drug-likeness (QED) is 0.370. The van der Waals surface area contributed by atoms with Gasteiger partial charge in [-0.25, -0.2) is 0 Å². The van der Waals surface area contributed by atoms with Gasteiger partial charge in [-0.15, -0.1) is 0 Å². The van der Waals surface area contributed by atoms with Crippen LogP contribution in [0.2, 0.25) is 0 Å². The van der Waals surface area contributed by atoms with Crippen LogP contribution in [0.4, 0.5) is 0 Å². The zero-order chi connectivity index (χ0) is 0. The molecule has 0 amide bonds. The van der Waals surface area contributed by atoms with Crippen molar-refractivity contribution in [3.63, 3.8) is 0 Å². The largest absolute Gasteiger partial charge is 4.00 e. The molecule has 0 heterocycles. The van der Waals surface area contributed by atoms with Crippen molar-refractivity contribution in [3.05, 3.63) is 29.7 Å². The molecular formula is C4H12Mo. The van der Waals surface area contributed by atoms with Gasteiger partial charge in [-0.3, -0.25) is 0 Å². The van der Waals surface area contributed by atoms with Crippen molar-refractivity contribution in [1.82, 2.24) is 0 Å². The molecule has 0 aliphatic heterocycles. The van der Waals surface area contributed by atoms with Crippen LogP contribution in [0.5, 0.6) is 0 Å². The Labute approximate surface area is 51.2 Å². The fourth-order valence-corrected chi connectivity index (χ4v) is 0. The molecule has 0 fully saturated rings. The Morgan fingerprint density at radius 1 is 0.400 bits per heavy atom. The molecule has 5 heavy (non-hydrogen) atoms. The third-order valence-electron chi connectivity index (χ3n) is 0. The van der Waals surface area contributed by atoms with E-state index in [1.165, 1.54) is 0 Å². The van der Waals surface area contributed by atoms with E-state index in [-0.39, 0.29) is 50.8 Å². The second-order valence-corrected chi connectivity index (χ2v) is 0. The molecule has 0 saturated carbocycles. The Morgan fingerprint density at radius 2 is 0.400 bits per heavy atom. The summed E-state index contributed by atoms with van der Waals surface area (Å²) in [5.74, 6) is 0. The summed E-state index contributed by atoms with van der Waals surface area (Å²) in [7, 11) is 0. The molecule has 0 unspecified atom stereocenters. The van der Waals surface area contributed by atoms with E-state index in [9.17, 15) is 0 Å². The molecular weight excluding hydrogens is 144 g/mol. The SMILES string of the molecule is [CH3-].[CH3-].[CH3-].[CH3-].[Mo+4]. The Hall–Kier alpha value is 0.688. The third-order valence-corrected chi connectivity index (χ3v) is 0. The van der Waals surface area contributed by atoms with Crippen molar-refractivity contribution in [2.24, 2.45) is 0 Å². The van der Waals surface area contributed by atoms with E-state index in [1.807, 2.05) is 0 Å². The van der Waals surface area contributed by atoms with Crippen LogP contribution in [0.3, 0.4) is 0 Å². The van der Waals surface area contributed by atoms with E-state index in [2.05, 4.69) is 0 Å². The summed E-state index contributed by atoms with van der Waals surface area (Å²) >= 11 is 0. The molecule has 0 aliphatic rings. The minimum absolute atomic E-state index is 0. The molecule has 0 saturated heterocycles. The van der Waals surface area contributed by atoms with Crippen LogP contribution in [0, 0.1) is 29.7 Å².